The molecule has 0 bridgehead atoms. The van der Waals surface area contributed by atoms with Crippen LogP contribution in [0.3, 0.4) is 0 Å². The lowest BCUT2D eigenvalue weighted by Gasteiger charge is -2.32. The summed E-state index contributed by atoms with van der Waals surface area (Å²) in [4.78, 5) is 4.63. The highest BCUT2D eigenvalue weighted by molar-refractivity contribution is 5.47. The van der Waals surface area contributed by atoms with Crippen LogP contribution >= 0.6 is 0 Å². The smallest absolute Gasteiger partial charge is 0.119 e. The first-order valence-electron chi connectivity index (χ1n) is 7.62. The van der Waals surface area contributed by atoms with Crippen LogP contribution in [0.15, 0.2) is 36.5 Å². The van der Waals surface area contributed by atoms with Crippen molar-refractivity contribution in [3.8, 4) is 5.75 Å². The van der Waals surface area contributed by atoms with Crippen molar-refractivity contribution in [2.45, 2.75) is 37.1 Å². The third kappa shape index (κ3) is 1.80. The fourth-order valence-electron chi connectivity index (χ4n) is 4.09. The summed E-state index contributed by atoms with van der Waals surface area (Å²) in [7, 11) is 1.71. The Hall–Kier alpha value is -1.87. The van der Waals surface area contributed by atoms with Gasteiger partial charge in [0.1, 0.15) is 5.75 Å². The quantitative estimate of drug-likeness (QED) is 0.920. The summed E-state index contributed by atoms with van der Waals surface area (Å²) in [5.74, 6) is 1.21. The van der Waals surface area contributed by atoms with Crippen molar-refractivity contribution in [3.63, 3.8) is 0 Å². The predicted octanol–water partition coefficient (Wildman–Crippen LogP) is 2.92. The maximum absolute atomic E-state index is 6.92. The van der Waals surface area contributed by atoms with Crippen molar-refractivity contribution in [1.29, 1.82) is 0 Å². The lowest BCUT2D eigenvalue weighted by atomic mass is 9.78. The molecule has 21 heavy (non-hydrogen) atoms. The van der Waals surface area contributed by atoms with Crippen LogP contribution in [0.5, 0.6) is 5.75 Å². The molecule has 2 atom stereocenters. The van der Waals surface area contributed by atoms with Gasteiger partial charge in [-0.1, -0.05) is 12.1 Å². The molecule has 2 aliphatic carbocycles. The Labute approximate surface area is 125 Å². The van der Waals surface area contributed by atoms with E-state index in [1.807, 2.05) is 18.3 Å². The first-order chi connectivity index (χ1) is 10.2. The molecule has 2 N–H and O–H groups in total. The molecule has 2 aromatic rings. The van der Waals surface area contributed by atoms with Crippen LogP contribution in [-0.2, 0) is 18.4 Å². The van der Waals surface area contributed by atoms with Crippen molar-refractivity contribution >= 4 is 0 Å². The average Bonchev–Trinajstić information content (AvgIpc) is 3.10. The minimum Gasteiger partial charge on any atom is -0.497 e. The summed E-state index contributed by atoms with van der Waals surface area (Å²) in [6.45, 7) is 0. The molecule has 4 rings (SSSR count). The Bertz CT molecular complexity index is 697. The molecule has 2 aliphatic rings. The molecule has 3 heteroatoms. The fourth-order valence-corrected chi connectivity index (χ4v) is 4.09. The van der Waals surface area contributed by atoms with E-state index in [-0.39, 0.29) is 5.54 Å². The molecule has 0 amide bonds. The molecule has 0 aliphatic heterocycles. The summed E-state index contributed by atoms with van der Waals surface area (Å²) in [5, 5.41) is 0. The minimum absolute atomic E-state index is 0.302. The summed E-state index contributed by atoms with van der Waals surface area (Å²) >= 11 is 0. The Morgan fingerprint density at radius 2 is 2.14 bits per heavy atom. The Kier molecular flexibility index (Phi) is 2.79. The normalized spacial score (nSPS) is 26.5. The monoisotopic (exact) mass is 280 g/mol. The zero-order chi connectivity index (χ0) is 14.4. The van der Waals surface area contributed by atoms with Crippen LogP contribution in [-0.4, -0.2) is 12.1 Å². The zero-order valence-corrected chi connectivity index (χ0v) is 12.3. The number of hydrogen-bond acceptors (Lipinski definition) is 3. The molecular weight excluding hydrogens is 260 g/mol. The molecule has 0 saturated heterocycles. The second kappa shape index (κ2) is 4.57. The van der Waals surface area contributed by atoms with Gasteiger partial charge in [-0.25, -0.2) is 0 Å². The third-order valence-electron chi connectivity index (χ3n) is 5.21. The van der Waals surface area contributed by atoms with Crippen molar-refractivity contribution in [3.05, 3.63) is 58.9 Å². The molecule has 1 aromatic carbocycles. The lowest BCUT2D eigenvalue weighted by Crippen LogP contribution is -2.40. The maximum Gasteiger partial charge on any atom is 0.119 e. The minimum atomic E-state index is -0.302. The molecule has 108 valence electrons. The molecule has 3 nitrogen and oxygen atoms in total. The van der Waals surface area contributed by atoms with E-state index < -0.39 is 0 Å². The first-order valence-corrected chi connectivity index (χ1v) is 7.62. The summed E-state index contributed by atoms with van der Waals surface area (Å²) in [6.07, 6.45) is 6.12. The van der Waals surface area contributed by atoms with E-state index in [4.69, 9.17) is 10.5 Å². The van der Waals surface area contributed by atoms with Crippen LogP contribution in [0.2, 0.25) is 0 Å². The van der Waals surface area contributed by atoms with Crippen LogP contribution in [0, 0.1) is 0 Å². The van der Waals surface area contributed by atoms with E-state index >= 15 is 0 Å². The summed E-state index contributed by atoms with van der Waals surface area (Å²) in [5.41, 5.74) is 11.8. The highest BCUT2D eigenvalue weighted by atomic mass is 16.5. The van der Waals surface area contributed by atoms with Gasteiger partial charge in [-0.15, -0.1) is 0 Å². The van der Waals surface area contributed by atoms with Gasteiger partial charge in [0.15, 0.2) is 0 Å². The SMILES string of the molecule is COc1ccc2c(c1)C(N)(C1CCc3cccnc31)CC2. The summed E-state index contributed by atoms with van der Waals surface area (Å²) < 4.78 is 5.39. The van der Waals surface area contributed by atoms with Gasteiger partial charge in [0.25, 0.3) is 0 Å². The second-order valence-corrected chi connectivity index (χ2v) is 6.20. The number of nitrogens with two attached hydrogens (primary N) is 1. The molecule has 0 fully saturated rings. The van der Waals surface area contributed by atoms with Crippen molar-refractivity contribution in [1.82, 2.24) is 4.98 Å². The third-order valence-corrected chi connectivity index (χ3v) is 5.21. The standard InChI is InChI=1S/C18H20N2O/c1-21-14-6-4-12-8-9-18(19,16(12)11-14)15-7-5-13-3-2-10-20-17(13)15/h2-4,6,10-11,15H,5,7-9,19H2,1H3. The number of aromatic nitrogens is 1. The highest BCUT2D eigenvalue weighted by Gasteiger charge is 2.45. The van der Waals surface area contributed by atoms with E-state index in [2.05, 4.69) is 23.2 Å². The Morgan fingerprint density at radius 3 is 3.00 bits per heavy atom. The van der Waals surface area contributed by atoms with Crippen molar-refractivity contribution in [2.24, 2.45) is 5.73 Å². The first kappa shape index (κ1) is 12.8. The topological polar surface area (TPSA) is 48.1 Å². The number of ether oxygens (including phenoxy) is 1. The Morgan fingerprint density at radius 1 is 1.24 bits per heavy atom. The van der Waals surface area contributed by atoms with E-state index in [9.17, 15) is 0 Å². The number of aryl methyl sites for hydroxylation is 2. The van der Waals surface area contributed by atoms with Crippen LogP contribution in [0.1, 0.15) is 41.1 Å². The molecule has 0 saturated carbocycles. The van der Waals surface area contributed by atoms with Gasteiger partial charge in [-0.05, 0) is 60.6 Å². The van der Waals surface area contributed by atoms with Crippen molar-refractivity contribution in [2.75, 3.05) is 7.11 Å². The van der Waals surface area contributed by atoms with Gasteiger partial charge in [0.05, 0.1) is 12.6 Å². The number of hydrogen-bond donors (Lipinski definition) is 1. The summed E-state index contributed by atoms with van der Waals surface area (Å²) in [6, 6.07) is 10.5. The highest BCUT2D eigenvalue weighted by Crippen LogP contribution is 2.50. The molecule has 0 radical (unpaired) electrons. The maximum atomic E-state index is 6.92. The molecule has 0 spiro atoms. The largest absolute Gasteiger partial charge is 0.497 e. The van der Waals surface area contributed by atoms with Crippen LogP contribution < -0.4 is 10.5 Å². The predicted molar refractivity (Wildman–Crippen MR) is 82.5 cm³/mol. The van der Waals surface area contributed by atoms with Crippen LogP contribution in [0.4, 0.5) is 0 Å². The number of methoxy groups -OCH3 is 1. The number of fused-ring (bicyclic) bond motifs is 2. The average molecular weight is 280 g/mol. The van der Waals surface area contributed by atoms with Gasteiger partial charge in [0.2, 0.25) is 0 Å². The number of rotatable bonds is 2. The van der Waals surface area contributed by atoms with E-state index in [1.54, 1.807) is 7.11 Å². The molecule has 2 unspecified atom stereocenters. The van der Waals surface area contributed by atoms with Gasteiger partial charge in [-0.3, -0.25) is 4.98 Å². The molecule has 1 heterocycles. The van der Waals surface area contributed by atoms with Gasteiger partial charge in [0, 0.05) is 17.8 Å². The van der Waals surface area contributed by atoms with Gasteiger partial charge >= 0.3 is 0 Å². The van der Waals surface area contributed by atoms with Gasteiger partial charge < -0.3 is 10.5 Å². The molecule has 1 aromatic heterocycles. The Balaban J connectivity index is 1.81. The van der Waals surface area contributed by atoms with E-state index in [1.165, 1.54) is 22.4 Å². The number of nitrogens with zero attached hydrogens (tertiary/aromatic N) is 1. The second-order valence-electron chi connectivity index (χ2n) is 6.20. The number of benzene rings is 1. The van der Waals surface area contributed by atoms with E-state index in [0.29, 0.717) is 5.92 Å². The zero-order valence-electron chi connectivity index (χ0n) is 12.3. The van der Waals surface area contributed by atoms with Crippen LogP contribution in [0.25, 0.3) is 0 Å². The van der Waals surface area contributed by atoms with Crippen molar-refractivity contribution < 1.29 is 4.74 Å². The fraction of sp³-hybridized carbons (Fsp3) is 0.389. The lowest BCUT2D eigenvalue weighted by molar-refractivity contribution is 0.343. The van der Waals surface area contributed by atoms with Gasteiger partial charge in [-0.2, -0.15) is 0 Å². The number of pyridine rings is 1. The van der Waals surface area contributed by atoms with E-state index in [0.717, 1.165) is 31.4 Å². The molecular formula is C18H20N2O.